The summed E-state index contributed by atoms with van der Waals surface area (Å²) in [7, 11) is 4.36. The topological polar surface area (TPSA) is 85.4 Å². The minimum atomic E-state index is -0.693. The van der Waals surface area contributed by atoms with E-state index in [9.17, 15) is 14.4 Å². The summed E-state index contributed by atoms with van der Waals surface area (Å²) in [5.74, 6) is -0.512. The number of benzene rings is 2. The molecule has 2 bridgehead atoms. The molecule has 2 aliphatic rings. The molecule has 8 heteroatoms. The van der Waals surface area contributed by atoms with Gasteiger partial charge in [-0.05, 0) is 43.4 Å². The van der Waals surface area contributed by atoms with E-state index in [0.717, 1.165) is 12.8 Å². The maximum atomic E-state index is 13.3. The molecule has 2 amide bonds. The molecule has 0 unspecified atom stereocenters. The highest BCUT2D eigenvalue weighted by molar-refractivity contribution is 6.43. The lowest BCUT2D eigenvalue weighted by Gasteiger charge is -2.40. The zero-order valence-corrected chi connectivity index (χ0v) is 19.8. The van der Waals surface area contributed by atoms with Crippen LogP contribution in [0.3, 0.4) is 0 Å². The normalized spacial score (nSPS) is 19.2. The second kappa shape index (κ2) is 10.2. The zero-order chi connectivity index (χ0) is 24.2. The largest absolute Gasteiger partial charge is 0.493 e. The number of rotatable bonds is 9. The molecule has 0 N–H and O–H groups in total. The van der Waals surface area contributed by atoms with Crippen LogP contribution >= 0.6 is 0 Å². The van der Waals surface area contributed by atoms with Gasteiger partial charge >= 0.3 is 0 Å². The second-order valence-electron chi connectivity index (χ2n) is 8.58. The van der Waals surface area contributed by atoms with Crippen molar-refractivity contribution in [3.63, 3.8) is 0 Å². The van der Waals surface area contributed by atoms with Gasteiger partial charge in [0.1, 0.15) is 6.04 Å². The lowest BCUT2D eigenvalue weighted by molar-refractivity contribution is -0.149. The van der Waals surface area contributed by atoms with Crippen molar-refractivity contribution in [3.8, 4) is 17.2 Å². The molecule has 8 nitrogen and oxygen atoms in total. The third-order valence-corrected chi connectivity index (χ3v) is 6.62. The van der Waals surface area contributed by atoms with Gasteiger partial charge in [-0.15, -0.1) is 0 Å². The Morgan fingerprint density at radius 2 is 1.65 bits per heavy atom. The molecule has 2 fully saturated rings. The summed E-state index contributed by atoms with van der Waals surface area (Å²) in [6.45, 7) is 1.10. The number of hydrogen-bond donors (Lipinski definition) is 0. The predicted molar refractivity (Wildman–Crippen MR) is 125 cm³/mol. The lowest BCUT2D eigenvalue weighted by atomic mass is 10.0. The summed E-state index contributed by atoms with van der Waals surface area (Å²) in [6, 6.07) is 12.4. The highest BCUT2D eigenvalue weighted by Gasteiger charge is 2.49. The van der Waals surface area contributed by atoms with Gasteiger partial charge in [-0.1, -0.05) is 30.3 Å². The molecule has 4 rings (SSSR count). The van der Waals surface area contributed by atoms with Crippen LogP contribution in [0.1, 0.15) is 35.2 Å². The van der Waals surface area contributed by atoms with E-state index in [2.05, 4.69) is 12.1 Å². The average molecular weight is 467 g/mol. The molecule has 2 aliphatic heterocycles. The van der Waals surface area contributed by atoms with E-state index in [1.807, 2.05) is 23.1 Å². The molecule has 2 aromatic rings. The fourth-order valence-corrected chi connectivity index (χ4v) is 4.94. The van der Waals surface area contributed by atoms with Crippen LogP contribution in [0.4, 0.5) is 0 Å². The van der Waals surface area contributed by atoms with Crippen molar-refractivity contribution >= 4 is 17.6 Å². The summed E-state index contributed by atoms with van der Waals surface area (Å²) in [5.41, 5.74) is 1.37. The molecule has 0 saturated carbocycles. The molecule has 0 aliphatic carbocycles. The fraction of sp³-hybridized carbons (Fsp3) is 0.423. The standard InChI is InChI=1S/C26H30N2O6/c1-32-21-14-18(15-22(33-2)24(21)34-3)23(29)26(31)28-19-11-12-20(28)25(30)27(16-19)13-7-10-17-8-5-4-6-9-17/h4-6,8-9,14-15,19-20H,7,10-13,16H2,1-3H3/t19-,20+/m1/s1. The molecule has 0 spiro atoms. The third kappa shape index (κ3) is 4.44. The van der Waals surface area contributed by atoms with Crippen LogP contribution < -0.4 is 14.2 Å². The number of carbonyl (C=O) groups excluding carboxylic acids is 3. The van der Waals surface area contributed by atoms with Crippen molar-refractivity contribution in [2.24, 2.45) is 0 Å². The maximum absolute atomic E-state index is 13.3. The first-order chi connectivity index (χ1) is 16.5. The van der Waals surface area contributed by atoms with E-state index in [4.69, 9.17) is 14.2 Å². The number of carbonyl (C=O) groups is 3. The quantitative estimate of drug-likeness (QED) is 0.417. The minimum Gasteiger partial charge on any atom is -0.493 e. The molecular weight excluding hydrogens is 436 g/mol. The van der Waals surface area contributed by atoms with Gasteiger partial charge in [-0.3, -0.25) is 14.4 Å². The number of piperazine rings is 1. The van der Waals surface area contributed by atoms with E-state index in [0.29, 0.717) is 43.2 Å². The number of fused-ring (bicyclic) bond motifs is 2. The highest BCUT2D eigenvalue weighted by atomic mass is 16.5. The Labute approximate surface area is 199 Å². The van der Waals surface area contributed by atoms with E-state index >= 15 is 0 Å². The van der Waals surface area contributed by atoms with Crippen LogP contribution in [0.2, 0.25) is 0 Å². The smallest absolute Gasteiger partial charge is 0.295 e. The molecule has 180 valence electrons. The highest BCUT2D eigenvalue weighted by Crippen LogP contribution is 2.39. The van der Waals surface area contributed by atoms with E-state index in [1.165, 1.54) is 43.9 Å². The van der Waals surface area contributed by atoms with E-state index in [1.54, 1.807) is 0 Å². The van der Waals surface area contributed by atoms with Crippen molar-refractivity contribution in [3.05, 3.63) is 53.6 Å². The summed E-state index contributed by atoms with van der Waals surface area (Å²) >= 11 is 0. The van der Waals surface area contributed by atoms with Gasteiger partial charge in [-0.2, -0.15) is 0 Å². The summed E-state index contributed by atoms with van der Waals surface area (Å²) in [4.78, 5) is 42.9. The zero-order valence-electron chi connectivity index (χ0n) is 19.8. The van der Waals surface area contributed by atoms with Crippen LogP contribution in [-0.4, -0.2) is 73.9 Å². The summed E-state index contributed by atoms with van der Waals surface area (Å²) in [6.07, 6.45) is 3.03. The Bertz CT molecular complexity index is 1050. The first-order valence-corrected chi connectivity index (χ1v) is 11.5. The SMILES string of the molecule is COc1cc(C(=O)C(=O)N2[C@@H]3CC[C@H]2C(=O)N(CCCc2ccccc2)C3)cc(OC)c1OC. The first-order valence-electron chi connectivity index (χ1n) is 11.5. The summed E-state index contributed by atoms with van der Waals surface area (Å²) in [5, 5.41) is 0. The second-order valence-corrected chi connectivity index (χ2v) is 8.58. The van der Waals surface area contributed by atoms with Crippen molar-refractivity contribution in [2.45, 2.75) is 37.8 Å². The lowest BCUT2D eigenvalue weighted by Crippen LogP contribution is -2.60. The molecule has 2 saturated heterocycles. The van der Waals surface area contributed by atoms with Gasteiger partial charge < -0.3 is 24.0 Å². The Hall–Kier alpha value is -3.55. The van der Waals surface area contributed by atoms with Crippen molar-refractivity contribution in [1.29, 1.82) is 0 Å². The van der Waals surface area contributed by atoms with Crippen LogP contribution in [0, 0.1) is 0 Å². The fourth-order valence-electron chi connectivity index (χ4n) is 4.94. The van der Waals surface area contributed by atoms with Gasteiger partial charge in [0.05, 0.1) is 27.4 Å². The monoisotopic (exact) mass is 466 g/mol. The van der Waals surface area contributed by atoms with Crippen molar-refractivity contribution in [1.82, 2.24) is 9.80 Å². The Balaban J connectivity index is 1.46. The predicted octanol–water partition coefficient (Wildman–Crippen LogP) is 2.73. The number of likely N-dealkylation sites (tertiary alicyclic amines) is 1. The molecule has 0 radical (unpaired) electrons. The van der Waals surface area contributed by atoms with Gasteiger partial charge in [0.15, 0.2) is 11.5 Å². The van der Waals surface area contributed by atoms with E-state index in [-0.39, 0.29) is 17.5 Å². The third-order valence-electron chi connectivity index (χ3n) is 6.62. The number of methoxy groups -OCH3 is 3. The van der Waals surface area contributed by atoms with Gasteiger partial charge in [0.25, 0.3) is 11.7 Å². The molecule has 2 atom stereocenters. The first kappa shape index (κ1) is 23.6. The van der Waals surface area contributed by atoms with Gasteiger partial charge in [0, 0.05) is 18.7 Å². The number of aryl methyl sites for hydroxylation is 1. The van der Waals surface area contributed by atoms with Gasteiger partial charge in [-0.25, -0.2) is 0 Å². The molecule has 2 heterocycles. The van der Waals surface area contributed by atoms with Crippen molar-refractivity contribution < 1.29 is 28.6 Å². The van der Waals surface area contributed by atoms with Crippen molar-refractivity contribution in [2.75, 3.05) is 34.4 Å². The number of Topliss-reactive ketones (excluding diaryl/α,β-unsaturated/α-hetero) is 1. The number of amides is 2. The number of hydrogen-bond acceptors (Lipinski definition) is 6. The minimum absolute atomic E-state index is 0.0761. The maximum Gasteiger partial charge on any atom is 0.295 e. The molecule has 2 aromatic carbocycles. The Kier molecular flexibility index (Phi) is 7.05. The van der Waals surface area contributed by atoms with Crippen LogP contribution in [0.25, 0.3) is 0 Å². The Morgan fingerprint density at radius 1 is 0.971 bits per heavy atom. The van der Waals surface area contributed by atoms with Crippen LogP contribution in [0.15, 0.2) is 42.5 Å². The molecular formula is C26H30N2O6. The molecule has 0 aromatic heterocycles. The number of ketones is 1. The van der Waals surface area contributed by atoms with Crippen LogP contribution in [0.5, 0.6) is 17.2 Å². The van der Waals surface area contributed by atoms with Gasteiger partial charge in [0.2, 0.25) is 11.7 Å². The number of nitrogens with zero attached hydrogens (tertiary/aromatic N) is 2. The average Bonchev–Trinajstić information content (AvgIpc) is 3.22. The summed E-state index contributed by atoms with van der Waals surface area (Å²) < 4.78 is 15.9. The van der Waals surface area contributed by atoms with Crippen LogP contribution in [-0.2, 0) is 16.0 Å². The number of ether oxygens (including phenoxy) is 3. The molecule has 34 heavy (non-hydrogen) atoms. The Morgan fingerprint density at radius 3 is 2.26 bits per heavy atom. The van der Waals surface area contributed by atoms with E-state index < -0.39 is 17.7 Å².